The minimum absolute atomic E-state index is 0.0147. The van der Waals surface area contributed by atoms with E-state index < -0.39 is 23.7 Å². The van der Waals surface area contributed by atoms with Gasteiger partial charge in [-0.3, -0.25) is 19.2 Å². The Balaban J connectivity index is 1.21. The third-order valence-electron chi connectivity index (χ3n) is 7.24. The molecule has 4 aromatic rings. The molecule has 2 aliphatic rings. The molecule has 0 radical (unpaired) electrons. The van der Waals surface area contributed by atoms with E-state index in [4.69, 9.17) is 51.1 Å². The average molecular weight is 628 g/mol. The maximum absolute atomic E-state index is 13.2. The zero-order chi connectivity index (χ0) is 29.2. The molecule has 0 N–H and O–H groups in total. The zero-order valence-corrected chi connectivity index (χ0v) is 24.2. The summed E-state index contributed by atoms with van der Waals surface area (Å²) in [6.45, 7) is 1.84. The second-order valence-electron chi connectivity index (χ2n) is 9.72. The lowest BCUT2D eigenvalue weighted by Crippen LogP contribution is -2.30. The van der Waals surface area contributed by atoms with Gasteiger partial charge in [-0.25, -0.2) is 4.90 Å². The Morgan fingerprint density at radius 1 is 0.805 bits per heavy atom. The van der Waals surface area contributed by atoms with Crippen LogP contribution in [0.3, 0.4) is 0 Å². The normalized spacial score (nSPS) is 16.6. The van der Waals surface area contributed by atoms with Crippen molar-refractivity contribution in [2.45, 2.75) is 13.3 Å². The zero-order valence-electron chi connectivity index (χ0n) is 21.2. The van der Waals surface area contributed by atoms with E-state index in [0.717, 1.165) is 21.4 Å². The lowest BCUT2D eigenvalue weighted by molar-refractivity contribution is -0.139. The van der Waals surface area contributed by atoms with Gasteiger partial charge in [-0.05, 0) is 42.1 Å². The summed E-state index contributed by atoms with van der Waals surface area (Å²) in [7, 11) is 0. The van der Waals surface area contributed by atoms with Gasteiger partial charge in [0, 0.05) is 18.4 Å². The van der Waals surface area contributed by atoms with Crippen molar-refractivity contribution in [1.82, 2.24) is 0 Å². The molecule has 0 aliphatic carbocycles. The molecule has 41 heavy (non-hydrogen) atoms. The number of benzene rings is 4. The summed E-state index contributed by atoms with van der Waals surface area (Å²) in [5.41, 5.74) is 1.19. The first-order chi connectivity index (χ1) is 19.6. The molecule has 6 rings (SSSR count). The molecule has 2 aliphatic heterocycles. The van der Waals surface area contributed by atoms with Crippen LogP contribution < -0.4 is 14.5 Å². The van der Waals surface area contributed by atoms with Gasteiger partial charge in [-0.1, -0.05) is 82.8 Å². The van der Waals surface area contributed by atoms with Crippen LogP contribution in [0.5, 0.6) is 5.75 Å². The number of ether oxygens (including phenoxy) is 1. The van der Waals surface area contributed by atoms with Crippen LogP contribution in [-0.4, -0.2) is 30.2 Å². The molecule has 3 amide bonds. The van der Waals surface area contributed by atoms with Gasteiger partial charge in [0.2, 0.25) is 5.91 Å². The largest absolute Gasteiger partial charge is 0.426 e. The van der Waals surface area contributed by atoms with Crippen LogP contribution in [0, 0.1) is 12.8 Å². The topological polar surface area (TPSA) is 84.0 Å². The van der Waals surface area contributed by atoms with Crippen molar-refractivity contribution < 1.29 is 23.9 Å². The molecule has 0 saturated carbocycles. The predicted molar refractivity (Wildman–Crippen MR) is 159 cm³/mol. The van der Waals surface area contributed by atoms with E-state index in [9.17, 15) is 19.2 Å². The van der Waals surface area contributed by atoms with Crippen LogP contribution >= 0.6 is 46.4 Å². The standard InChI is InChI=1S/C30H18Cl4N2O5/c1-14-11-17(9-10-19(14)36-28(38)22-23(29(36)39)25(32)27(34)26(33)24(22)31)41-30(40)16-12-21(37)35(13-16)20-8-4-6-15-5-2-3-7-18(15)20/h2-11,16H,12-13H2,1H3/t16-/m0/s1. The van der Waals surface area contributed by atoms with Gasteiger partial charge in [0.15, 0.2) is 0 Å². The van der Waals surface area contributed by atoms with E-state index in [2.05, 4.69) is 0 Å². The number of amides is 3. The second kappa shape index (κ2) is 10.3. The monoisotopic (exact) mass is 626 g/mol. The Labute approximate surface area is 254 Å². The number of nitrogens with zero attached hydrogens (tertiary/aromatic N) is 2. The number of halogens is 4. The van der Waals surface area contributed by atoms with Gasteiger partial charge in [0.1, 0.15) is 5.75 Å². The van der Waals surface area contributed by atoms with Crippen molar-refractivity contribution >= 4 is 92.2 Å². The first-order valence-electron chi connectivity index (χ1n) is 12.4. The van der Waals surface area contributed by atoms with Gasteiger partial charge in [-0.2, -0.15) is 0 Å². The molecule has 1 fully saturated rings. The minimum atomic E-state index is -0.707. The van der Waals surface area contributed by atoms with Crippen molar-refractivity contribution in [3.8, 4) is 5.75 Å². The third kappa shape index (κ3) is 4.44. The highest BCUT2D eigenvalue weighted by molar-refractivity contribution is 6.56. The lowest BCUT2D eigenvalue weighted by Gasteiger charge is -2.19. The Morgan fingerprint density at radius 2 is 1.44 bits per heavy atom. The molecular weight excluding hydrogens is 610 g/mol. The van der Waals surface area contributed by atoms with Crippen LogP contribution in [0.15, 0.2) is 60.7 Å². The van der Waals surface area contributed by atoms with E-state index in [0.29, 0.717) is 5.56 Å². The molecule has 0 spiro atoms. The number of hydrogen-bond donors (Lipinski definition) is 0. The van der Waals surface area contributed by atoms with Crippen molar-refractivity contribution in [3.63, 3.8) is 0 Å². The Bertz CT molecular complexity index is 1790. The van der Waals surface area contributed by atoms with Crippen LogP contribution in [0.4, 0.5) is 11.4 Å². The van der Waals surface area contributed by atoms with Crippen molar-refractivity contribution in [2.75, 3.05) is 16.3 Å². The Morgan fingerprint density at radius 3 is 2.10 bits per heavy atom. The first kappa shape index (κ1) is 27.5. The van der Waals surface area contributed by atoms with E-state index in [-0.39, 0.29) is 61.5 Å². The quantitative estimate of drug-likeness (QED) is 0.0768. The van der Waals surface area contributed by atoms with Crippen molar-refractivity contribution in [3.05, 3.63) is 97.4 Å². The molecule has 1 atom stereocenters. The number of imide groups is 1. The molecule has 11 heteroatoms. The number of aryl methyl sites for hydroxylation is 1. The number of anilines is 2. The van der Waals surface area contributed by atoms with Gasteiger partial charge < -0.3 is 9.64 Å². The minimum Gasteiger partial charge on any atom is -0.426 e. The molecule has 0 aromatic heterocycles. The van der Waals surface area contributed by atoms with Crippen LogP contribution in [0.1, 0.15) is 32.7 Å². The van der Waals surface area contributed by atoms with Crippen molar-refractivity contribution in [1.29, 1.82) is 0 Å². The van der Waals surface area contributed by atoms with Crippen LogP contribution in [-0.2, 0) is 9.59 Å². The number of carbonyl (C=O) groups is 4. The summed E-state index contributed by atoms with van der Waals surface area (Å²) >= 11 is 24.7. The fourth-order valence-electron chi connectivity index (χ4n) is 5.25. The first-order valence-corrected chi connectivity index (χ1v) is 13.9. The van der Waals surface area contributed by atoms with E-state index in [1.165, 1.54) is 18.2 Å². The summed E-state index contributed by atoms with van der Waals surface area (Å²) in [5.74, 6) is -2.61. The highest BCUT2D eigenvalue weighted by Gasteiger charge is 2.43. The maximum Gasteiger partial charge on any atom is 0.316 e. The number of carbonyl (C=O) groups excluding carboxylic acids is 4. The Hall–Kier alpha value is -3.62. The van der Waals surface area contributed by atoms with E-state index in [1.807, 2.05) is 42.5 Å². The van der Waals surface area contributed by atoms with E-state index >= 15 is 0 Å². The molecule has 0 bridgehead atoms. The lowest BCUT2D eigenvalue weighted by atomic mass is 10.1. The molecule has 7 nitrogen and oxygen atoms in total. The summed E-state index contributed by atoms with van der Waals surface area (Å²) in [6, 6.07) is 17.9. The van der Waals surface area contributed by atoms with Crippen LogP contribution in [0.25, 0.3) is 10.8 Å². The smallest absolute Gasteiger partial charge is 0.316 e. The highest BCUT2D eigenvalue weighted by Crippen LogP contribution is 2.46. The van der Waals surface area contributed by atoms with Crippen molar-refractivity contribution in [2.24, 2.45) is 5.92 Å². The highest BCUT2D eigenvalue weighted by atomic mass is 35.5. The third-order valence-corrected chi connectivity index (χ3v) is 9.05. The summed E-state index contributed by atoms with van der Waals surface area (Å²) in [4.78, 5) is 55.0. The number of fused-ring (bicyclic) bond motifs is 2. The Kier molecular flexibility index (Phi) is 6.94. The fourth-order valence-corrected chi connectivity index (χ4v) is 6.27. The molecule has 4 aromatic carbocycles. The molecular formula is C30H18Cl4N2O5. The average Bonchev–Trinajstić information content (AvgIpc) is 3.47. The summed E-state index contributed by atoms with van der Waals surface area (Å²) in [6.07, 6.45) is 0.0147. The van der Waals surface area contributed by atoms with Gasteiger partial charge in [0.25, 0.3) is 11.8 Å². The maximum atomic E-state index is 13.2. The number of esters is 1. The van der Waals surface area contributed by atoms with Crippen LogP contribution in [0.2, 0.25) is 20.1 Å². The molecule has 1 saturated heterocycles. The molecule has 206 valence electrons. The number of rotatable bonds is 4. The van der Waals surface area contributed by atoms with E-state index in [1.54, 1.807) is 11.8 Å². The SMILES string of the molecule is Cc1cc(OC(=O)[C@H]2CC(=O)N(c3cccc4ccccc34)C2)ccc1N1C(=O)c2c(Cl)c(Cl)c(Cl)c(Cl)c2C1=O. The second-order valence-corrected chi connectivity index (χ2v) is 11.2. The fraction of sp³-hybridized carbons (Fsp3) is 0.133. The van der Waals surface area contributed by atoms with Gasteiger partial charge in [-0.15, -0.1) is 0 Å². The summed E-state index contributed by atoms with van der Waals surface area (Å²) < 4.78 is 5.62. The molecule has 0 unspecified atom stereocenters. The van der Waals surface area contributed by atoms with Gasteiger partial charge in [0.05, 0.1) is 48.5 Å². The number of hydrogen-bond acceptors (Lipinski definition) is 5. The molecule has 2 heterocycles. The predicted octanol–water partition coefficient (Wildman–Crippen LogP) is 7.52. The summed E-state index contributed by atoms with van der Waals surface area (Å²) in [5, 5.41) is 1.34. The van der Waals surface area contributed by atoms with Gasteiger partial charge >= 0.3 is 5.97 Å².